The van der Waals surface area contributed by atoms with E-state index in [0.29, 0.717) is 0 Å². The molecule has 120 valence electrons. The molecule has 0 aliphatic heterocycles. The van der Waals surface area contributed by atoms with Gasteiger partial charge < -0.3 is 10.4 Å². The molecule has 1 aromatic rings. The minimum absolute atomic E-state index is 0.00485. The molecule has 0 aromatic heterocycles. The molecule has 3 N–H and O–H groups in total. The van der Waals surface area contributed by atoms with Crippen LogP contribution < -0.4 is 10.0 Å². The van der Waals surface area contributed by atoms with Crippen LogP contribution in [0.2, 0.25) is 0 Å². The Hall–Kier alpha value is -2.19. The molecule has 0 bridgehead atoms. The Kier molecular flexibility index (Phi) is 6.26. The van der Waals surface area contributed by atoms with Crippen LogP contribution in [0.5, 0.6) is 0 Å². The Balaban J connectivity index is 2.74. The Morgan fingerprint density at radius 1 is 1.32 bits per heavy atom. The summed E-state index contributed by atoms with van der Waals surface area (Å²) in [7, 11) is -3.63. The predicted octanol–water partition coefficient (Wildman–Crippen LogP) is 0.601. The molecule has 7 nitrogen and oxygen atoms in total. The maximum absolute atomic E-state index is 11.8. The van der Waals surface area contributed by atoms with Crippen molar-refractivity contribution in [3.05, 3.63) is 42.5 Å². The number of carbonyl (C=O) groups excluding carboxylic acids is 1. The van der Waals surface area contributed by atoms with E-state index >= 15 is 0 Å². The van der Waals surface area contributed by atoms with Gasteiger partial charge in [0.1, 0.15) is 0 Å². The van der Waals surface area contributed by atoms with Gasteiger partial charge in [0.05, 0.1) is 10.8 Å². The summed E-state index contributed by atoms with van der Waals surface area (Å²) in [6, 6.07) is 5.34. The highest BCUT2D eigenvalue weighted by molar-refractivity contribution is 7.89. The number of amides is 1. The van der Waals surface area contributed by atoms with Crippen molar-refractivity contribution in [2.24, 2.45) is 5.92 Å². The predicted molar refractivity (Wildman–Crippen MR) is 81.0 cm³/mol. The van der Waals surface area contributed by atoms with Crippen LogP contribution >= 0.6 is 0 Å². The third kappa shape index (κ3) is 4.97. The summed E-state index contributed by atoms with van der Waals surface area (Å²) in [5.41, 5.74) is 0.250. The summed E-state index contributed by atoms with van der Waals surface area (Å²) >= 11 is 0. The molecule has 22 heavy (non-hydrogen) atoms. The Morgan fingerprint density at radius 2 is 1.91 bits per heavy atom. The second-order valence-electron chi connectivity index (χ2n) is 4.61. The molecule has 0 aliphatic carbocycles. The van der Waals surface area contributed by atoms with Crippen molar-refractivity contribution in [1.82, 2.24) is 10.0 Å². The van der Waals surface area contributed by atoms with Gasteiger partial charge in [-0.1, -0.05) is 13.0 Å². The van der Waals surface area contributed by atoms with Crippen LogP contribution in [-0.4, -0.2) is 38.5 Å². The summed E-state index contributed by atoms with van der Waals surface area (Å²) in [4.78, 5) is 22.5. The smallest absolute Gasteiger partial charge is 0.308 e. The van der Waals surface area contributed by atoms with Crippen LogP contribution in [-0.2, 0) is 14.8 Å². The van der Waals surface area contributed by atoms with E-state index in [4.69, 9.17) is 5.11 Å². The fraction of sp³-hybridized carbons (Fsp3) is 0.286. The first-order chi connectivity index (χ1) is 10.3. The van der Waals surface area contributed by atoms with E-state index in [1.54, 1.807) is 0 Å². The molecular weight excluding hydrogens is 308 g/mol. The lowest BCUT2D eigenvalue weighted by atomic mass is 10.1. The van der Waals surface area contributed by atoms with E-state index in [1.165, 1.54) is 37.3 Å². The van der Waals surface area contributed by atoms with Gasteiger partial charge in [-0.2, -0.15) is 0 Å². The lowest BCUT2D eigenvalue weighted by molar-refractivity contribution is -0.140. The van der Waals surface area contributed by atoms with Crippen LogP contribution in [0.25, 0.3) is 0 Å². The van der Waals surface area contributed by atoms with E-state index < -0.39 is 27.8 Å². The minimum atomic E-state index is -3.63. The van der Waals surface area contributed by atoms with Crippen molar-refractivity contribution >= 4 is 21.9 Å². The molecular formula is C14H18N2O5S. The number of nitrogens with one attached hydrogen (secondary N) is 2. The molecule has 1 unspecified atom stereocenters. The zero-order valence-corrected chi connectivity index (χ0v) is 12.9. The summed E-state index contributed by atoms with van der Waals surface area (Å²) in [6.07, 6.45) is 1.42. The lowest BCUT2D eigenvalue weighted by Gasteiger charge is -2.09. The average Bonchev–Trinajstić information content (AvgIpc) is 2.50. The highest BCUT2D eigenvalue weighted by Gasteiger charge is 2.15. The summed E-state index contributed by atoms with van der Waals surface area (Å²) in [6.45, 7) is 5.00. The number of hydrogen-bond donors (Lipinski definition) is 3. The lowest BCUT2D eigenvalue weighted by Crippen LogP contribution is -2.31. The van der Waals surface area contributed by atoms with Crippen molar-refractivity contribution in [1.29, 1.82) is 0 Å². The maximum atomic E-state index is 11.8. The zero-order valence-electron chi connectivity index (χ0n) is 12.1. The Labute approximate surface area is 129 Å². The maximum Gasteiger partial charge on any atom is 0.308 e. The number of sulfonamides is 1. The average molecular weight is 326 g/mol. The van der Waals surface area contributed by atoms with E-state index in [1.807, 2.05) is 0 Å². The number of hydrogen-bond acceptors (Lipinski definition) is 4. The van der Waals surface area contributed by atoms with Crippen LogP contribution in [0.4, 0.5) is 0 Å². The highest BCUT2D eigenvalue weighted by Crippen LogP contribution is 2.10. The number of rotatable bonds is 8. The van der Waals surface area contributed by atoms with Gasteiger partial charge in [0.15, 0.2) is 0 Å². The summed E-state index contributed by atoms with van der Waals surface area (Å²) < 4.78 is 26.0. The van der Waals surface area contributed by atoms with Crippen LogP contribution in [0.3, 0.4) is 0 Å². The Morgan fingerprint density at radius 3 is 2.41 bits per heavy atom. The second-order valence-corrected chi connectivity index (χ2v) is 6.38. The molecule has 1 atom stereocenters. The zero-order chi connectivity index (χ0) is 16.8. The van der Waals surface area contributed by atoms with Crippen LogP contribution in [0.1, 0.15) is 17.3 Å². The molecule has 1 rings (SSSR count). The standard InChI is InChI=1S/C14H18N2O5S/c1-3-8-16-22(20,21)12-6-4-11(5-7-12)13(17)15-9-10(2)14(18)19/h3-7,10,16H,1,8-9H2,2H3,(H,15,17)(H,18,19). The van der Waals surface area contributed by atoms with Gasteiger partial charge >= 0.3 is 5.97 Å². The Bertz CT molecular complexity index is 652. The molecule has 1 aromatic carbocycles. The molecule has 0 saturated heterocycles. The van der Waals surface area contributed by atoms with Crippen molar-refractivity contribution in [2.75, 3.05) is 13.1 Å². The number of carboxylic acid groups (broad SMARTS) is 1. The molecule has 0 radical (unpaired) electrons. The first-order valence-corrected chi connectivity index (χ1v) is 7.98. The van der Waals surface area contributed by atoms with Gasteiger partial charge in [-0.3, -0.25) is 9.59 Å². The number of aliphatic carboxylic acids is 1. The van der Waals surface area contributed by atoms with Gasteiger partial charge in [0, 0.05) is 18.7 Å². The number of benzene rings is 1. The largest absolute Gasteiger partial charge is 0.481 e. The van der Waals surface area contributed by atoms with E-state index in [-0.39, 0.29) is 23.5 Å². The SMILES string of the molecule is C=CCNS(=O)(=O)c1ccc(C(=O)NCC(C)C(=O)O)cc1. The van der Waals surface area contributed by atoms with E-state index in [0.717, 1.165) is 0 Å². The van der Waals surface area contributed by atoms with Gasteiger partial charge in [-0.05, 0) is 24.3 Å². The molecule has 1 amide bonds. The van der Waals surface area contributed by atoms with Crippen molar-refractivity contribution < 1.29 is 23.1 Å². The second kappa shape index (κ2) is 7.71. The fourth-order valence-corrected chi connectivity index (χ4v) is 2.47. The fourth-order valence-electron chi connectivity index (χ4n) is 1.47. The van der Waals surface area contributed by atoms with Gasteiger partial charge in [-0.25, -0.2) is 13.1 Å². The van der Waals surface area contributed by atoms with Gasteiger partial charge in [0.25, 0.3) is 5.91 Å². The monoisotopic (exact) mass is 326 g/mol. The summed E-state index contributed by atoms with van der Waals surface area (Å²) in [5.74, 6) is -2.17. The van der Waals surface area contributed by atoms with Gasteiger partial charge in [0.2, 0.25) is 10.0 Å². The summed E-state index contributed by atoms with van der Waals surface area (Å²) in [5, 5.41) is 11.2. The molecule has 0 heterocycles. The minimum Gasteiger partial charge on any atom is -0.481 e. The van der Waals surface area contributed by atoms with Crippen molar-refractivity contribution in [3.63, 3.8) is 0 Å². The van der Waals surface area contributed by atoms with Crippen LogP contribution in [0.15, 0.2) is 41.8 Å². The first-order valence-electron chi connectivity index (χ1n) is 6.49. The van der Waals surface area contributed by atoms with Gasteiger partial charge in [-0.15, -0.1) is 6.58 Å². The highest BCUT2D eigenvalue weighted by atomic mass is 32.2. The first kappa shape index (κ1) is 17.9. The molecule has 8 heteroatoms. The number of carbonyl (C=O) groups is 2. The van der Waals surface area contributed by atoms with Crippen LogP contribution in [0, 0.1) is 5.92 Å². The molecule has 0 fully saturated rings. The van der Waals surface area contributed by atoms with E-state index in [2.05, 4.69) is 16.6 Å². The van der Waals surface area contributed by atoms with Crippen molar-refractivity contribution in [2.45, 2.75) is 11.8 Å². The topological polar surface area (TPSA) is 113 Å². The number of carboxylic acids is 1. The van der Waals surface area contributed by atoms with E-state index in [9.17, 15) is 18.0 Å². The normalized spacial score (nSPS) is 12.4. The molecule has 0 aliphatic rings. The quantitative estimate of drug-likeness (QED) is 0.606. The third-order valence-corrected chi connectivity index (χ3v) is 4.27. The van der Waals surface area contributed by atoms with Crippen molar-refractivity contribution in [3.8, 4) is 0 Å². The third-order valence-electron chi connectivity index (χ3n) is 2.83. The molecule has 0 spiro atoms. The molecule has 0 saturated carbocycles.